The van der Waals surface area contributed by atoms with E-state index in [4.69, 9.17) is 10.5 Å². The maximum absolute atomic E-state index is 6.26. The largest absolute Gasteiger partial charge is 0.496 e. The molecule has 31 heavy (non-hydrogen) atoms. The Balaban J connectivity index is 1.63. The summed E-state index contributed by atoms with van der Waals surface area (Å²) in [4.78, 5) is 5.40. The summed E-state index contributed by atoms with van der Waals surface area (Å²) in [6.45, 7) is 2.06. The highest BCUT2D eigenvalue weighted by atomic mass is 32.1. The third kappa shape index (κ3) is 3.42. The Bertz CT molecular complexity index is 1400. The Kier molecular flexibility index (Phi) is 4.67. The quantitative estimate of drug-likeness (QED) is 0.455. The van der Waals surface area contributed by atoms with Crippen LogP contribution in [0, 0.1) is 6.92 Å². The van der Waals surface area contributed by atoms with Gasteiger partial charge in [-0.3, -0.25) is 4.68 Å². The highest BCUT2D eigenvalue weighted by molar-refractivity contribution is 7.05. The van der Waals surface area contributed by atoms with E-state index in [2.05, 4.69) is 44.7 Å². The molecule has 0 atom stereocenters. The van der Waals surface area contributed by atoms with Crippen molar-refractivity contribution >= 4 is 22.9 Å². The fourth-order valence-electron chi connectivity index (χ4n) is 3.78. The van der Waals surface area contributed by atoms with Crippen LogP contribution < -0.4 is 10.5 Å². The van der Waals surface area contributed by atoms with Crippen LogP contribution in [0.1, 0.15) is 16.1 Å². The lowest BCUT2D eigenvalue weighted by Gasteiger charge is -2.10. The van der Waals surface area contributed by atoms with Crippen molar-refractivity contribution in [2.24, 2.45) is 7.05 Å². The lowest BCUT2D eigenvalue weighted by molar-refractivity contribution is 0.410. The molecule has 0 spiro atoms. The van der Waals surface area contributed by atoms with E-state index in [1.807, 2.05) is 31.4 Å². The SMILES string of the molecule is COc1cc(-c2cc(-c3ccn(C)n3)n3ncnc(N)c23)ccc1Cc1cc(C)sn1. The number of hydrogen-bond donors (Lipinski definition) is 1. The van der Waals surface area contributed by atoms with Crippen molar-refractivity contribution in [2.45, 2.75) is 13.3 Å². The molecule has 0 unspecified atom stereocenters. The van der Waals surface area contributed by atoms with Crippen LogP contribution in [0.2, 0.25) is 0 Å². The molecule has 0 bridgehead atoms. The van der Waals surface area contributed by atoms with E-state index in [9.17, 15) is 0 Å². The van der Waals surface area contributed by atoms with Crippen LogP contribution in [0.15, 0.2) is 48.9 Å². The average Bonchev–Trinajstić information content (AvgIpc) is 3.47. The van der Waals surface area contributed by atoms with Gasteiger partial charge in [-0.15, -0.1) is 0 Å². The minimum Gasteiger partial charge on any atom is -0.496 e. The minimum absolute atomic E-state index is 0.410. The number of aromatic nitrogens is 6. The molecule has 9 heteroatoms. The predicted octanol–water partition coefficient (Wildman–Crippen LogP) is 3.74. The first-order valence-corrected chi connectivity index (χ1v) is 10.5. The van der Waals surface area contributed by atoms with Crippen molar-refractivity contribution in [1.82, 2.24) is 28.8 Å². The number of ether oxygens (including phenoxy) is 1. The first-order valence-electron chi connectivity index (χ1n) is 9.75. The summed E-state index contributed by atoms with van der Waals surface area (Å²) in [6, 6.07) is 12.3. The smallest absolute Gasteiger partial charge is 0.152 e. The second-order valence-electron chi connectivity index (χ2n) is 7.36. The molecule has 8 nitrogen and oxygen atoms in total. The summed E-state index contributed by atoms with van der Waals surface area (Å²) >= 11 is 1.51. The standard InChI is InChI=1S/C22H21N7OS/c1-13-8-16(27-31-13)9-15-5-4-14(10-20(15)30-3)17-11-19(18-6-7-28(2)26-18)29-21(17)22(23)24-12-25-29/h4-8,10-12H,9H2,1-3H3,(H2,23,24,25). The monoisotopic (exact) mass is 431 g/mol. The average molecular weight is 432 g/mol. The van der Waals surface area contributed by atoms with Gasteiger partial charge in [-0.2, -0.15) is 14.6 Å². The first-order chi connectivity index (χ1) is 15.0. The van der Waals surface area contributed by atoms with E-state index >= 15 is 0 Å². The van der Waals surface area contributed by atoms with Gasteiger partial charge in [-0.25, -0.2) is 9.50 Å². The second kappa shape index (κ2) is 7.51. The van der Waals surface area contributed by atoms with Gasteiger partial charge in [-0.05, 0) is 48.3 Å². The Hall–Kier alpha value is -3.72. The Morgan fingerprint density at radius 2 is 2.03 bits per heavy atom. The zero-order valence-corrected chi connectivity index (χ0v) is 18.2. The molecular formula is C22H21N7OS. The van der Waals surface area contributed by atoms with Crippen LogP contribution in [0.3, 0.4) is 0 Å². The van der Waals surface area contributed by atoms with Crippen LogP contribution >= 0.6 is 11.5 Å². The fraction of sp³-hybridized carbons (Fsp3) is 0.182. The first kappa shape index (κ1) is 19.3. The summed E-state index contributed by atoms with van der Waals surface area (Å²) in [5.41, 5.74) is 12.7. The Labute approximate surface area is 183 Å². The molecule has 5 aromatic rings. The maximum atomic E-state index is 6.26. The zero-order chi connectivity index (χ0) is 21.5. The fourth-order valence-corrected chi connectivity index (χ4v) is 4.34. The van der Waals surface area contributed by atoms with Crippen molar-refractivity contribution in [2.75, 3.05) is 12.8 Å². The normalized spacial score (nSPS) is 11.3. The summed E-state index contributed by atoms with van der Waals surface area (Å²) in [6.07, 6.45) is 4.07. The molecule has 0 aliphatic rings. The van der Waals surface area contributed by atoms with Crippen LogP contribution in [-0.4, -0.2) is 35.9 Å². The van der Waals surface area contributed by atoms with Gasteiger partial charge in [0.05, 0.1) is 18.5 Å². The number of aryl methyl sites for hydroxylation is 2. The number of hydrogen-bond acceptors (Lipinski definition) is 7. The zero-order valence-electron chi connectivity index (χ0n) is 17.4. The highest BCUT2D eigenvalue weighted by Crippen LogP contribution is 2.36. The van der Waals surface area contributed by atoms with E-state index < -0.39 is 0 Å². The number of rotatable bonds is 5. The van der Waals surface area contributed by atoms with Crippen molar-refractivity contribution < 1.29 is 4.74 Å². The van der Waals surface area contributed by atoms with Crippen molar-refractivity contribution in [3.8, 4) is 28.3 Å². The van der Waals surface area contributed by atoms with Crippen molar-refractivity contribution in [1.29, 1.82) is 0 Å². The molecule has 4 aromatic heterocycles. The number of benzene rings is 1. The molecule has 156 valence electrons. The second-order valence-corrected chi connectivity index (χ2v) is 8.36. The number of anilines is 1. The predicted molar refractivity (Wildman–Crippen MR) is 121 cm³/mol. The van der Waals surface area contributed by atoms with Gasteiger partial charge in [0.15, 0.2) is 5.82 Å². The molecule has 2 N–H and O–H groups in total. The van der Waals surface area contributed by atoms with Crippen LogP contribution in [0.4, 0.5) is 5.82 Å². The van der Waals surface area contributed by atoms with Crippen LogP contribution in [0.5, 0.6) is 5.75 Å². The summed E-state index contributed by atoms with van der Waals surface area (Å²) in [5.74, 6) is 1.21. The molecule has 0 aliphatic heterocycles. The third-order valence-corrected chi connectivity index (χ3v) is 5.94. The lowest BCUT2D eigenvalue weighted by Crippen LogP contribution is -2.01. The van der Waals surface area contributed by atoms with Gasteiger partial charge in [-0.1, -0.05) is 12.1 Å². The van der Waals surface area contributed by atoms with E-state index in [1.54, 1.807) is 16.3 Å². The summed E-state index contributed by atoms with van der Waals surface area (Å²) in [7, 11) is 3.57. The third-order valence-electron chi connectivity index (χ3n) is 5.21. The summed E-state index contributed by atoms with van der Waals surface area (Å²) in [5, 5.41) is 8.96. The van der Waals surface area contributed by atoms with E-state index in [0.717, 1.165) is 51.5 Å². The van der Waals surface area contributed by atoms with Gasteiger partial charge in [0, 0.05) is 35.7 Å². The van der Waals surface area contributed by atoms with Crippen LogP contribution in [-0.2, 0) is 13.5 Å². The van der Waals surface area contributed by atoms with E-state index in [1.165, 1.54) is 22.7 Å². The van der Waals surface area contributed by atoms with Crippen molar-refractivity contribution in [3.05, 3.63) is 65.1 Å². The number of nitrogen functional groups attached to an aromatic ring is 1. The molecule has 0 amide bonds. The number of methoxy groups -OCH3 is 1. The number of nitrogens with zero attached hydrogens (tertiary/aromatic N) is 6. The lowest BCUT2D eigenvalue weighted by atomic mass is 10.0. The van der Waals surface area contributed by atoms with E-state index in [0.29, 0.717) is 5.82 Å². The topological polar surface area (TPSA) is 96.2 Å². The number of fused-ring (bicyclic) bond motifs is 1. The van der Waals surface area contributed by atoms with Gasteiger partial charge in [0.1, 0.15) is 23.3 Å². The molecule has 0 saturated heterocycles. The molecule has 0 fully saturated rings. The molecule has 0 aliphatic carbocycles. The number of nitrogens with two attached hydrogens (primary N) is 1. The summed E-state index contributed by atoms with van der Waals surface area (Å²) < 4.78 is 13.8. The highest BCUT2D eigenvalue weighted by Gasteiger charge is 2.19. The van der Waals surface area contributed by atoms with Gasteiger partial charge in [0.2, 0.25) is 0 Å². The van der Waals surface area contributed by atoms with Gasteiger partial charge < -0.3 is 10.5 Å². The molecule has 1 aromatic carbocycles. The van der Waals surface area contributed by atoms with Crippen molar-refractivity contribution in [3.63, 3.8) is 0 Å². The van der Waals surface area contributed by atoms with Gasteiger partial charge >= 0.3 is 0 Å². The Morgan fingerprint density at radius 1 is 1.16 bits per heavy atom. The molecule has 0 saturated carbocycles. The minimum atomic E-state index is 0.410. The Morgan fingerprint density at radius 3 is 2.74 bits per heavy atom. The van der Waals surface area contributed by atoms with Gasteiger partial charge in [0.25, 0.3) is 0 Å². The molecule has 4 heterocycles. The molecule has 0 radical (unpaired) electrons. The molecular weight excluding hydrogens is 410 g/mol. The van der Waals surface area contributed by atoms with Crippen LogP contribution in [0.25, 0.3) is 28.0 Å². The van der Waals surface area contributed by atoms with E-state index in [-0.39, 0.29) is 0 Å². The maximum Gasteiger partial charge on any atom is 0.152 e. The molecule has 5 rings (SSSR count).